The van der Waals surface area contributed by atoms with Crippen LogP contribution in [0.2, 0.25) is 0 Å². The van der Waals surface area contributed by atoms with Crippen molar-refractivity contribution in [3.63, 3.8) is 0 Å². The minimum Gasteiger partial charge on any atom is -0.449 e. The Morgan fingerprint density at radius 1 is 0.962 bits per heavy atom. The second-order valence-electron chi connectivity index (χ2n) is 5.49. The van der Waals surface area contributed by atoms with Gasteiger partial charge in [0.15, 0.2) is 0 Å². The highest BCUT2D eigenvalue weighted by Gasteiger charge is 2.28. The molecular formula is C18H8BrNO6. The maximum Gasteiger partial charge on any atom is 0.346 e. The molecule has 0 aliphatic carbocycles. The van der Waals surface area contributed by atoms with Crippen LogP contribution in [0.1, 0.15) is 20.7 Å². The standard InChI is InChI=1S/C18H8BrNO6/c19-9-4-6-15(13(8-9)20(23)24)25-14-7-5-12-16-10(14)2-1-3-11(16)17(21)26-18(12)22/h1-8H. The largest absolute Gasteiger partial charge is 0.449 e. The van der Waals surface area contributed by atoms with E-state index in [1.165, 1.54) is 24.3 Å². The van der Waals surface area contributed by atoms with Crippen molar-refractivity contribution in [2.45, 2.75) is 0 Å². The zero-order chi connectivity index (χ0) is 18.4. The quantitative estimate of drug-likeness (QED) is 0.269. The molecule has 3 aromatic rings. The van der Waals surface area contributed by atoms with Crippen molar-refractivity contribution in [1.82, 2.24) is 0 Å². The Kier molecular flexibility index (Phi) is 3.69. The van der Waals surface area contributed by atoms with E-state index in [1.807, 2.05) is 0 Å². The van der Waals surface area contributed by atoms with Crippen molar-refractivity contribution in [2.75, 3.05) is 0 Å². The van der Waals surface area contributed by atoms with Crippen LogP contribution in [-0.4, -0.2) is 16.9 Å². The van der Waals surface area contributed by atoms with Gasteiger partial charge in [0.05, 0.1) is 16.1 Å². The molecule has 128 valence electrons. The molecule has 1 aliphatic heterocycles. The van der Waals surface area contributed by atoms with Gasteiger partial charge in [0.1, 0.15) is 5.75 Å². The number of ether oxygens (including phenoxy) is 2. The van der Waals surface area contributed by atoms with Crippen LogP contribution in [0.5, 0.6) is 11.5 Å². The van der Waals surface area contributed by atoms with Gasteiger partial charge in [-0.15, -0.1) is 0 Å². The predicted octanol–water partition coefficient (Wildman–Crippen LogP) is 4.61. The summed E-state index contributed by atoms with van der Waals surface area (Å²) in [6.07, 6.45) is 0. The molecule has 0 saturated carbocycles. The van der Waals surface area contributed by atoms with Crippen LogP contribution in [0.4, 0.5) is 5.69 Å². The summed E-state index contributed by atoms with van der Waals surface area (Å²) >= 11 is 3.19. The van der Waals surface area contributed by atoms with Gasteiger partial charge < -0.3 is 9.47 Å². The number of nitro benzene ring substituents is 1. The molecule has 26 heavy (non-hydrogen) atoms. The normalized spacial score (nSPS) is 12.8. The molecule has 3 aromatic carbocycles. The Morgan fingerprint density at radius 2 is 1.65 bits per heavy atom. The molecule has 0 bridgehead atoms. The molecule has 0 atom stereocenters. The molecule has 0 spiro atoms. The zero-order valence-electron chi connectivity index (χ0n) is 12.9. The van der Waals surface area contributed by atoms with E-state index >= 15 is 0 Å². The number of halogens is 1. The predicted molar refractivity (Wildman–Crippen MR) is 94.6 cm³/mol. The van der Waals surface area contributed by atoms with Crippen LogP contribution < -0.4 is 4.74 Å². The second-order valence-corrected chi connectivity index (χ2v) is 6.40. The first-order valence-electron chi connectivity index (χ1n) is 7.40. The van der Waals surface area contributed by atoms with Crippen molar-refractivity contribution < 1.29 is 24.0 Å². The SMILES string of the molecule is O=C1OC(=O)c2ccc(Oc3ccc(Br)cc3[N+](=O)[O-])c3cccc1c23. The van der Waals surface area contributed by atoms with Crippen LogP contribution in [0.25, 0.3) is 10.8 Å². The van der Waals surface area contributed by atoms with Gasteiger partial charge in [-0.25, -0.2) is 9.59 Å². The van der Waals surface area contributed by atoms with Gasteiger partial charge in [0.2, 0.25) is 5.75 Å². The number of rotatable bonds is 3. The fraction of sp³-hybridized carbons (Fsp3) is 0. The summed E-state index contributed by atoms with van der Waals surface area (Å²) in [5.41, 5.74) is 0.274. The van der Waals surface area contributed by atoms with Gasteiger partial charge >= 0.3 is 17.6 Å². The van der Waals surface area contributed by atoms with Gasteiger partial charge in [0.25, 0.3) is 0 Å². The van der Waals surface area contributed by atoms with E-state index in [0.717, 1.165) is 0 Å². The number of hydrogen-bond acceptors (Lipinski definition) is 6. The molecular weight excluding hydrogens is 406 g/mol. The lowest BCUT2D eigenvalue weighted by Crippen LogP contribution is -2.19. The Labute approximate surface area is 154 Å². The summed E-state index contributed by atoms with van der Waals surface area (Å²) in [6, 6.07) is 12.3. The third kappa shape index (κ3) is 2.51. The number of carbonyl (C=O) groups is 2. The van der Waals surface area contributed by atoms with Crippen LogP contribution >= 0.6 is 15.9 Å². The van der Waals surface area contributed by atoms with E-state index in [0.29, 0.717) is 21.0 Å². The summed E-state index contributed by atoms with van der Waals surface area (Å²) in [5, 5.41) is 12.2. The first-order chi connectivity index (χ1) is 12.5. The van der Waals surface area contributed by atoms with E-state index in [9.17, 15) is 19.7 Å². The number of benzene rings is 3. The van der Waals surface area contributed by atoms with Crippen molar-refractivity contribution >= 4 is 44.3 Å². The van der Waals surface area contributed by atoms with Crippen LogP contribution in [0.3, 0.4) is 0 Å². The molecule has 1 heterocycles. The molecule has 4 rings (SSSR count). The van der Waals surface area contributed by atoms with Crippen molar-refractivity contribution in [3.8, 4) is 11.5 Å². The van der Waals surface area contributed by atoms with E-state index in [-0.39, 0.29) is 22.6 Å². The van der Waals surface area contributed by atoms with Gasteiger partial charge in [-0.2, -0.15) is 0 Å². The third-order valence-corrected chi connectivity index (χ3v) is 4.46. The lowest BCUT2D eigenvalue weighted by Gasteiger charge is -2.17. The molecule has 0 amide bonds. The van der Waals surface area contributed by atoms with Gasteiger partial charge in [-0.05, 0) is 30.3 Å². The van der Waals surface area contributed by atoms with E-state index in [2.05, 4.69) is 15.9 Å². The molecule has 8 heteroatoms. The maximum absolute atomic E-state index is 12.0. The fourth-order valence-corrected chi connectivity index (χ4v) is 3.19. The number of cyclic esters (lactones) is 2. The fourth-order valence-electron chi connectivity index (χ4n) is 2.84. The highest BCUT2D eigenvalue weighted by Crippen LogP contribution is 2.39. The third-order valence-electron chi connectivity index (χ3n) is 3.96. The van der Waals surface area contributed by atoms with Crippen LogP contribution in [0.15, 0.2) is 53.0 Å². The van der Waals surface area contributed by atoms with Gasteiger partial charge in [-0.3, -0.25) is 10.1 Å². The summed E-state index contributed by atoms with van der Waals surface area (Å²) in [4.78, 5) is 34.6. The molecule has 0 saturated heterocycles. The Morgan fingerprint density at radius 3 is 2.38 bits per heavy atom. The summed E-state index contributed by atoms with van der Waals surface area (Å²) < 4.78 is 11.0. The monoisotopic (exact) mass is 413 g/mol. The van der Waals surface area contributed by atoms with Crippen LogP contribution in [-0.2, 0) is 4.74 Å². The Balaban J connectivity index is 1.91. The number of nitrogens with zero attached hydrogens (tertiary/aromatic N) is 1. The molecule has 1 aliphatic rings. The average molecular weight is 414 g/mol. The molecule has 7 nitrogen and oxygen atoms in total. The van der Waals surface area contributed by atoms with E-state index in [4.69, 9.17) is 9.47 Å². The van der Waals surface area contributed by atoms with Crippen molar-refractivity contribution in [2.24, 2.45) is 0 Å². The Bertz CT molecular complexity index is 1100. The molecule has 0 unspecified atom stereocenters. The summed E-state index contributed by atoms with van der Waals surface area (Å²) in [5.74, 6) is -1.14. The molecule has 0 fully saturated rings. The van der Waals surface area contributed by atoms with Gasteiger partial charge in [-0.1, -0.05) is 28.1 Å². The zero-order valence-corrected chi connectivity index (χ0v) is 14.5. The highest BCUT2D eigenvalue weighted by molar-refractivity contribution is 9.10. The first-order valence-corrected chi connectivity index (χ1v) is 8.19. The summed E-state index contributed by atoms with van der Waals surface area (Å²) in [6.45, 7) is 0. The smallest absolute Gasteiger partial charge is 0.346 e. The molecule has 0 radical (unpaired) electrons. The highest BCUT2D eigenvalue weighted by atomic mass is 79.9. The lowest BCUT2D eigenvalue weighted by molar-refractivity contribution is -0.385. The second kappa shape index (κ2) is 5.92. The van der Waals surface area contributed by atoms with Crippen molar-refractivity contribution in [1.29, 1.82) is 0 Å². The average Bonchev–Trinajstić information content (AvgIpc) is 2.61. The first kappa shape index (κ1) is 16.2. The van der Waals surface area contributed by atoms with E-state index < -0.39 is 16.9 Å². The molecule has 0 N–H and O–H groups in total. The van der Waals surface area contributed by atoms with Gasteiger partial charge in [0, 0.05) is 21.3 Å². The van der Waals surface area contributed by atoms with Crippen LogP contribution in [0, 0.1) is 10.1 Å². The minimum atomic E-state index is -0.736. The topological polar surface area (TPSA) is 95.7 Å². The number of carbonyl (C=O) groups excluding carboxylic acids is 2. The maximum atomic E-state index is 12.0. The van der Waals surface area contributed by atoms with E-state index in [1.54, 1.807) is 24.3 Å². The van der Waals surface area contributed by atoms with Crippen molar-refractivity contribution in [3.05, 3.63) is 74.2 Å². The number of esters is 2. The Hall–Kier alpha value is -3.26. The minimum absolute atomic E-state index is 0.0450. The summed E-state index contributed by atoms with van der Waals surface area (Å²) in [7, 11) is 0. The number of hydrogen-bond donors (Lipinski definition) is 0. The lowest BCUT2D eigenvalue weighted by atomic mass is 9.96. The molecule has 0 aromatic heterocycles. The number of nitro groups is 1.